The summed E-state index contributed by atoms with van der Waals surface area (Å²) in [5, 5.41) is 5.71. The monoisotopic (exact) mass is 1020 g/mol. The summed E-state index contributed by atoms with van der Waals surface area (Å²) in [4.78, 5) is 29.6. The minimum absolute atomic E-state index is 0.217. The molecule has 0 heterocycles. The smallest absolute Gasteiger partial charge is 0.295 e. The lowest BCUT2D eigenvalue weighted by atomic mass is 9.85. The van der Waals surface area contributed by atoms with Crippen LogP contribution in [0.15, 0.2) is 148 Å². The molecule has 2 amide bonds. The van der Waals surface area contributed by atoms with Crippen LogP contribution in [0, 0.1) is 41.5 Å². The van der Waals surface area contributed by atoms with Crippen LogP contribution in [0.5, 0.6) is 0 Å². The van der Waals surface area contributed by atoms with Crippen molar-refractivity contribution in [2.24, 2.45) is 0 Å². The molecule has 0 atom stereocenters. The number of nitrogens with one attached hydrogen (secondary N) is 2. The molecule has 7 rings (SSSR count). The highest BCUT2D eigenvalue weighted by atomic mass is 32.2. The van der Waals surface area contributed by atoms with E-state index in [1.54, 1.807) is 12.1 Å². The van der Waals surface area contributed by atoms with Crippen molar-refractivity contribution in [3.05, 3.63) is 195 Å². The van der Waals surface area contributed by atoms with E-state index in [0.29, 0.717) is 39.2 Å². The molecular formula is C53H52N4O11S3. The van der Waals surface area contributed by atoms with Gasteiger partial charge in [0.05, 0.1) is 16.0 Å². The molecular weight excluding hydrogens is 965 g/mol. The molecule has 0 spiro atoms. The number of rotatable bonds is 14. The third kappa shape index (κ3) is 10.6. The third-order valence-corrected chi connectivity index (χ3v) is 15.3. The van der Waals surface area contributed by atoms with Crippen molar-refractivity contribution in [2.75, 3.05) is 34.5 Å². The van der Waals surface area contributed by atoms with Gasteiger partial charge in [0.25, 0.3) is 42.2 Å². The lowest BCUT2D eigenvalue weighted by Gasteiger charge is -2.28. The van der Waals surface area contributed by atoms with Crippen LogP contribution < -0.4 is 20.4 Å². The molecule has 0 saturated heterocycles. The molecule has 7 aromatic rings. The second-order valence-electron chi connectivity index (χ2n) is 17.3. The van der Waals surface area contributed by atoms with Crippen LogP contribution in [0.1, 0.15) is 76.7 Å². The Morgan fingerprint density at radius 2 is 0.775 bits per heavy atom. The summed E-state index contributed by atoms with van der Waals surface area (Å²) < 4.78 is 104. The maximum atomic E-state index is 13.5. The van der Waals surface area contributed by atoms with Crippen molar-refractivity contribution < 1.29 is 48.5 Å². The van der Waals surface area contributed by atoms with Crippen LogP contribution in [-0.4, -0.2) is 64.8 Å². The van der Waals surface area contributed by atoms with Gasteiger partial charge in [0.1, 0.15) is 9.79 Å². The SMILES string of the molecule is Cc1cc(C)c(N(C)c2ccc(C(c3ccc(N(C)c4c(C)cc(C)c(NC(=O)c5ccccc5S(=O)(=O)O)c4C)cc3)c3ccccc3S(=O)(=O)O)cc2)c(C)c1NC(=O)c1ccccc1S(=O)(=O)O. The highest BCUT2D eigenvalue weighted by Crippen LogP contribution is 2.42. The van der Waals surface area contributed by atoms with E-state index < -0.39 is 57.9 Å². The Bertz CT molecular complexity index is 3400. The average molecular weight is 1020 g/mol. The second kappa shape index (κ2) is 19.9. The molecule has 0 fully saturated rings. The molecule has 0 bridgehead atoms. The summed E-state index contributed by atoms with van der Waals surface area (Å²) >= 11 is 0. The highest BCUT2D eigenvalue weighted by molar-refractivity contribution is 7.86. The summed E-state index contributed by atoms with van der Waals surface area (Å²) in [5.41, 5.74) is 9.78. The summed E-state index contributed by atoms with van der Waals surface area (Å²) in [7, 11) is -10.3. The summed E-state index contributed by atoms with van der Waals surface area (Å²) in [5.74, 6) is -2.14. The zero-order valence-corrected chi connectivity index (χ0v) is 42.5. The molecule has 0 aliphatic carbocycles. The third-order valence-electron chi connectivity index (χ3n) is 12.6. The normalized spacial score (nSPS) is 11.9. The number of carbonyl (C=O) groups excluding carboxylic acids is 2. The van der Waals surface area contributed by atoms with E-state index in [0.717, 1.165) is 57.1 Å². The standard InChI is InChI=1S/C53H52N4O11S3/c1-31-29-33(3)50(35(5)48(31)54-52(58)42-16-10-13-19-45(42)70(63,64)65)56(7)39-25-21-37(22-26-39)47(41-15-9-12-18-44(41)69(60,61)62)38-23-27-40(28-24-38)57(8)51-34(4)30-32(2)49(36(51)6)55-53(59)43-17-11-14-20-46(43)71(66,67)68/h9-30,47H,1-8H3,(H,54,58)(H,55,59)(H,60,61,62)(H,63,64,65)(H,66,67,68). The number of anilines is 6. The Morgan fingerprint density at radius 1 is 0.451 bits per heavy atom. The summed E-state index contributed by atoms with van der Waals surface area (Å²) in [6, 6.07) is 35.8. The first-order valence-electron chi connectivity index (χ1n) is 22.0. The molecule has 18 heteroatoms. The fraction of sp³-hybridized carbons (Fsp3) is 0.170. The Balaban J connectivity index is 1.23. The first-order valence-corrected chi connectivity index (χ1v) is 26.3. The van der Waals surface area contributed by atoms with E-state index in [4.69, 9.17) is 0 Å². The Kier molecular flexibility index (Phi) is 14.5. The summed E-state index contributed by atoms with van der Waals surface area (Å²) in [6.07, 6.45) is 0. The van der Waals surface area contributed by atoms with Crippen molar-refractivity contribution in [3.8, 4) is 0 Å². The number of aryl methyl sites for hydroxylation is 4. The van der Waals surface area contributed by atoms with E-state index >= 15 is 0 Å². The van der Waals surface area contributed by atoms with Gasteiger partial charge in [0.15, 0.2) is 0 Å². The highest BCUT2D eigenvalue weighted by Gasteiger charge is 2.28. The molecule has 0 aliphatic rings. The molecule has 0 saturated carbocycles. The van der Waals surface area contributed by atoms with Crippen molar-refractivity contribution >= 4 is 76.3 Å². The quantitative estimate of drug-likeness (QED) is 0.0505. The van der Waals surface area contributed by atoms with Gasteiger partial charge in [-0.25, -0.2) is 0 Å². The fourth-order valence-corrected chi connectivity index (χ4v) is 11.5. The maximum Gasteiger partial charge on any atom is 0.295 e. The largest absolute Gasteiger partial charge is 0.344 e. The topological polar surface area (TPSA) is 228 Å². The molecule has 5 N–H and O–H groups in total. The number of hydrogen-bond acceptors (Lipinski definition) is 10. The Hall–Kier alpha value is -7.19. The van der Waals surface area contributed by atoms with Gasteiger partial charge in [-0.15, -0.1) is 0 Å². The molecule has 7 aromatic carbocycles. The predicted octanol–water partition coefficient (Wildman–Crippen LogP) is 10.5. The Labute approximate surface area is 414 Å². The molecule has 0 aromatic heterocycles. The van der Waals surface area contributed by atoms with Gasteiger partial charge in [-0.1, -0.05) is 78.9 Å². The van der Waals surface area contributed by atoms with Crippen molar-refractivity contribution in [1.29, 1.82) is 0 Å². The predicted molar refractivity (Wildman–Crippen MR) is 276 cm³/mol. The van der Waals surface area contributed by atoms with Crippen LogP contribution in [0.3, 0.4) is 0 Å². The van der Waals surface area contributed by atoms with Crippen LogP contribution in [-0.2, 0) is 30.4 Å². The van der Waals surface area contributed by atoms with Gasteiger partial charge < -0.3 is 20.4 Å². The van der Waals surface area contributed by atoms with Crippen molar-refractivity contribution in [2.45, 2.75) is 62.1 Å². The van der Waals surface area contributed by atoms with Crippen LogP contribution in [0.25, 0.3) is 0 Å². The van der Waals surface area contributed by atoms with Gasteiger partial charge >= 0.3 is 0 Å². The number of hydrogen-bond donors (Lipinski definition) is 5. The molecule has 0 aliphatic heterocycles. The average Bonchev–Trinajstić information content (AvgIpc) is 3.31. The lowest BCUT2D eigenvalue weighted by molar-refractivity contribution is 0.101. The van der Waals surface area contributed by atoms with Gasteiger partial charge in [0.2, 0.25) is 0 Å². The molecule has 0 radical (unpaired) electrons. The Morgan fingerprint density at radius 3 is 1.13 bits per heavy atom. The van der Waals surface area contributed by atoms with Crippen LogP contribution >= 0.6 is 0 Å². The fourth-order valence-electron chi connectivity index (χ4n) is 9.43. The van der Waals surface area contributed by atoms with Gasteiger partial charge in [-0.2, -0.15) is 25.3 Å². The molecule has 0 unspecified atom stereocenters. The zero-order valence-electron chi connectivity index (χ0n) is 40.0. The second-order valence-corrected chi connectivity index (χ2v) is 21.5. The van der Waals surface area contributed by atoms with E-state index in [-0.39, 0.29) is 16.0 Å². The van der Waals surface area contributed by atoms with E-state index in [1.165, 1.54) is 48.5 Å². The maximum absolute atomic E-state index is 13.5. The van der Waals surface area contributed by atoms with Gasteiger partial charge in [-0.3, -0.25) is 23.2 Å². The molecule has 71 heavy (non-hydrogen) atoms. The van der Waals surface area contributed by atoms with E-state index in [1.807, 2.05) is 126 Å². The van der Waals surface area contributed by atoms with Gasteiger partial charge in [-0.05, 0) is 146 Å². The number of nitrogens with zero attached hydrogens (tertiary/aromatic N) is 2. The van der Waals surface area contributed by atoms with E-state index in [2.05, 4.69) is 10.6 Å². The first kappa shape index (κ1) is 51.7. The van der Waals surface area contributed by atoms with Crippen molar-refractivity contribution in [3.63, 3.8) is 0 Å². The van der Waals surface area contributed by atoms with Gasteiger partial charge in [0, 0.05) is 54.1 Å². The lowest BCUT2D eigenvalue weighted by Crippen LogP contribution is -2.19. The number of carbonyl (C=O) groups is 2. The summed E-state index contributed by atoms with van der Waals surface area (Å²) in [6.45, 7) is 11.2. The zero-order chi connectivity index (χ0) is 51.9. The minimum Gasteiger partial charge on any atom is -0.344 e. The number of benzene rings is 7. The van der Waals surface area contributed by atoms with Crippen LogP contribution in [0.2, 0.25) is 0 Å². The molecule has 15 nitrogen and oxygen atoms in total. The minimum atomic E-state index is -4.69. The van der Waals surface area contributed by atoms with E-state index in [9.17, 15) is 48.5 Å². The first-order chi connectivity index (χ1) is 33.3. The van der Waals surface area contributed by atoms with Crippen LogP contribution in [0.4, 0.5) is 34.1 Å². The van der Waals surface area contributed by atoms with Crippen molar-refractivity contribution in [1.82, 2.24) is 0 Å². The molecule has 368 valence electrons. The number of amides is 2.